The predicted octanol–water partition coefficient (Wildman–Crippen LogP) is 4.07. The SMILES string of the molecule is COc1ccc(Nc2cc(C)nc(NCCNC(=O)CCc3sccc3C)n2)cc1. The van der Waals surface area contributed by atoms with Crippen LogP contribution >= 0.6 is 11.3 Å². The molecule has 0 radical (unpaired) electrons. The maximum Gasteiger partial charge on any atom is 0.224 e. The van der Waals surface area contributed by atoms with Crippen molar-refractivity contribution < 1.29 is 9.53 Å². The Morgan fingerprint density at radius 1 is 1.10 bits per heavy atom. The van der Waals surface area contributed by atoms with Gasteiger partial charge in [-0.3, -0.25) is 4.79 Å². The molecule has 0 spiro atoms. The lowest BCUT2D eigenvalue weighted by molar-refractivity contribution is -0.120. The first-order valence-electron chi connectivity index (χ1n) is 9.84. The molecule has 3 rings (SSSR count). The van der Waals surface area contributed by atoms with Gasteiger partial charge in [0.25, 0.3) is 0 Å². The predicted molar refractivity (Wildman–Crippen MR) is 122 cm³/mol. The monoisotopic (exact) mass is 425 g/mol. The fourth-order valence-electron chi connectivity index (χ4n) is 2.89. The number of benzene rings is 1. The minimum absolute atomic E-state index is 0.0524. The van der Waals surface area contributed by atoms with Crippen LogP contribution in [0.2, 0.25) is 0 Å². The van der Waals surface area contributed by atoms with Crippen LogP contribution in [0.15, 0.2) is 41.8 Å². The number of nitrogens with one attached hydrogen (secondary N) is 3. The molecule has 0 saturated carbocycles. The summed E-state index contributed by atoms with van der Waals surface area (Å²) in [4.78, 5) is 22.2. The number of ether oxygens (including phenoxy) is 1. The second-order valence-corrected chi connectivity index (χ2v) is 7.88. The fourth-order valence-corrected chi connectivity index (χ4v) is 3.80. The van der Waals surface area contributed by atoms with E-state index in [2.05, 4.69) is 44.3 Å². The van der Waals surface area contributed by atoms with Crippen molar-refractivity contribution in [1.29, 1.82) is 0 Å². The van der Waals surface area contributed by atoms with Crippen molar-refractivity contribution >= 4 is 34.7 Å². The van der Waals surface area contributed by atoms with E-state index in [0.717, 1.165) is 23.6 Å². The van der Waals surface area contributed by atoms with Crippen LogP contribution in [-0.2, 0) is 11.2 Å². The van der Waals surface area contributed by atoms with Crippen LogP contribution in [0.3, 0.4) is 0 Å². The van der Waals surface area contributed by atoms with E-state index in [1.165, 1.54) is 10.4 Å². The van der Waals surface area contributed by atoms with E-state index in [4.69, 9.17) is 4.74 Å². The van der Waals surface area contributed by atoms with Gasteiger partial charge >= 0.3 is 0 Å². The molecule has 1 aromatic carbocycles. The number of hydrogen-bond donors (Lipinski definition) is 3. The summed E-state index contributed by atoms with van der Waals surface area (Å²) >= 11 is 1.70. The Bertz CT molecular complexity index is 972. The molecule has 7 nitrogen and oxygen atoms in total. The van der Waals surface area contributed by atoms with E-state index in [9.17, 15) is 4.79 Å². The average molecular weight is 426 g/mol. The number of aryl methyl sites for hydroxylation is 3. The highest BCUT2D eigenvalue weighted by molar-refractivity contribution is 7.10. The quantitative estimate of drug-likeness (QED) is 0.425. The van der Waals surface area contributed by atoms with Crippen LogP contribution in [-0.4, -0.2) is 36.1 Å². The van der Waals surface area contributed by atoms with E-state index in [1.54, 1.807) is 18.4 Å². The Kier molecular flexibility index (Phi) is 7.62. The van der Waals surface area contributed by atoms with Crippen molar-refractivity contribution in [2.45, 2.75) is 26.7 Å². The molecular formula is C22H27N5O2S. The van der Waals surface area contributed by atoms with Gasteiger partial charge in [-0.15, -0.1) is 11.3 Å². The van der Waals surface area contributed by atoms with E-state index in [-0.39, 0.29) is 5.91 Å². The molecular weight excluding hydrogens is 398 g/mol. The van der Waals surface area contributed by atoms with Gasteiger partial charge in [0.15, 0.2) is 0 Å². The lowest BCUT2D eigenvalue weighted by Gasteiger charge is -2.11. The summed E-state index contributed by atoms with van der Waals surface area (Å²) < 4.78 is 5.18. The second kappa shape index (κ2) is 10.6. The molecule has 0 saturated heterocycles. The van der Waals surface area contributed by atoms with Gasteiger partial charge in [0.2, 0.25) is 11.9 Å². The van der Waals surface area contributed by atoms with Gasteiger partial charge in [-0.1, -0.05) is 0 Å². The van der Waals surface area contributed by atoms with Crippen molar-refractivity contribution in [2.24, 2.45) is 0 Å². The molecule has 0 atom stereocenters. The van der Waals surface area contributed by atoms with Crippen molar-refractivity contribution in [1.82, 2.24) is 15.3 Å². The van der Waals surface area contributed by atoms with Gasteiger partial charge < -0.3 is 20.7 Å². The Morgan fingerprint density at radius 2 is 1.90 bits per heavy atom. The van der Waals surface area contributed by atoms with Gasteiger partial charge in [0.05, 0.1) is 7.11 Å². The van der Waals surface area contributed by atoms with Crippen LogP contribution in [0.25, 0.3) is 0 Å². The Morgan fingerprint density at radius 3 is 2.60 bits per heavy atom. The van der Waals surface area contributed by atoms with Crippen molar-refractivity contribution in [2.75, 3.05) is 30.8 Å². The molecule has 8 heteroatoms. The summed E-state index contributed by atoms with van der Waals surface area (Å²) in [7, 11) is 1.64. The highest BCUT2D eigenvalue weighted by Gasteiger charge is 2.06. The summed E-state index contributed by atoms with van der Waals surface area (Å²) in [6, 6.07) is 11.6. The van der Waals surface area contributed by atoms with Gasteiger partial charge in [0, 0.05) is 41.8 Å². The molecule has 158 valence electrons. The van der Waals surface area contributed by atoms with E-state index in [0.29, 0.717) is 31.3 Å². The molecule has 0 bridgehead atoms. The zero-order valence-corrected chi connectivity index (χ0v) is 18.3. The minimum Gasteiger partial charge on any atom is -0.497 e. The number of amides is 1. The smallest absolute Gasteiger partial charge is 0.224 e. The number of nitrogens with zero attached hydrogens (tertiary/aromatic N) is 2. The third-order valence-corrected chi connectivity index (χ3v) is 5.58. The summed E-state index contributed by atoms with van der Waals surface area (Å²) in [6.45, 7) is 5.06. The number of rotatable bonds is 10. The van der Waals surface area contributed by atoms with Crippen molar-refractivity contribution in [3.63, 3.8) is 0 Å². The van der Waals surface area contributed by atoms with Crippen LogP contribution in [0.4, 0.5) is 17.5 Å². The Hall–Kier alpha value is -3.13. The first-order chi connectivity index (χ1) is 14.5. The Balaban J connectivity index is 1.44. The van der Waals surface area contributed by atoms with E-state index >= 15 is 0 Å². The average Bonchev–Trinajstić information content (AvgIpc) is 3.14. The van der Waals surface area contributed by atoms with E-state index in [1.807, 2.05) is 37.3 Å². The zero-order valence-electron chi connectivity index (χ0n) is 17.5. The summed E-state index contributed by atoms with van der Waals surface area (Å²) in [5, 5.41) is 11.4. The summed E-state index contributed by atoms with van der Waals surface area (Å²) in [5.74, 6) is 2.07. The van der Waals surface area contributed by atoms with Crippen LogP contribution < -0.4 is 20.7 Å². The molecule has 0 aliphatic heterocycles. The zero-order chi connectivity index (χ0) is 21.3. The maximum atomic E-state index is 12.0. The number of carbonyl (C=O) groups is 1. The summed E-state index contributed by atoms with van der Waals surface area (Å²) in [6.07, 6.45) is 1.28. The van der Waals surface area contributed by atoms with Gasteiger partial charge in [-0.2, -0.15) is 4.98 Å². The molecule has 2 aromatic heterocycles. The highest BCUT2D eigenvalue weighted by Crippen LogP contribution is 2.20. The van der Waals surface area contributed by atoms with E-state index < -0.39 is 0 Å². The lowest BCUT2D eigenvalue weighted by Crippen LogP contribution is -2.29. The number of aromatic nitrogens is 2. The molecule has 0 aliphatic carbocycles. The molecule has 1 amide bonds. The molecule has 30 heavy (non-hydrogen) atoms. The number of thiophene rings is 1. The van der Waals surface area contributed by atoms with Crippen LogP contribution in [0.1, 0.15) is 22.6 Å². The highest BCUT2D eigenvalue weighted by atomic mass is 32.1. The normalized spacial score (nSPS) is 10.5. The first kappa shape index (κ1) is 21.6. The first-order valence-corrected chi connectivity index (χ1v) is 10.7. The summed E-state index contributed by atoms with van der Waals surface area (Å²) in [5.41, 5.74) is 3.01. The largest absolute Gasteiger partial charge is 0.497 e. The molecule has 0 unspecified atom stereocenters. The topological polar surface area (TPSA) is 88.2 Å². The molecule has 2 heterocycles. The minimum atomic E-state index is 0.0524. The van der Waals surface area contributed by atoms with Gasteiger partial charge in [-0.05, 0) is 61.5 Å². The second-order valence-electron chi connectivity index (χ2n) is 6.88. The molecule has 0 fully saturated rings. The Labute approximate surface area is 180 Å². The lowest BCUT2D eigenvalue weighted by atomic mass is 10.2. The van der Waals surface area contributed by atoms with Gasteiger partial charge in [0.1, 0.15) is 11.6 Å². The van der Waals surface area contributed by atoms with Gasteiger partial charge in [-0.25, -0.2) is 4.98 Å². The van der Waals surface area contributed by atoms with Crippen LogP contribution in [0.5, 0.6) is 5.75 Å². The number of carbonyl (C=O) groups excluding carboxylic acids is 1. The standard InChI is InChI=1S/C22H27N5O2S/c1-15-10-13-30-19(15)8-9-21(28)23-11-12-24-22-25-16(2)14-20(27-22)26-17-4-6-18(29-3)7-5-17/h4-7,10,13-14H,8-9,11-12H2,1-3H3,(H,23,28)(H2,24,25,26,27). The van der Waals surface area contributed by atoms with Crippen LogP contribution in [0, 0.1) is 13.8 Å². The van der Waals surface area contributed by atoms with Crippen molar-refractivity contribution in [3.8, 4) is 5.75 Å². The molecule has 3 N–H and O–H groups in total. The number of anilines is 3. The number of methoxy groups -OCH3 is 1. The maximum absolute atomic E-state index is 12.0. The fraction of sp³-hybridized carbons (Fsp3) is 0.318. The number of hydrogen-bond acceptors (Lipinski definition) is 7. The molecule has 3 aromatic rings. The third kappa shape index (κ3) is 6.45. The third-order valence-electron chi connectivity index (χ3n) is 4.49. The molecule has 0 aliphatic rings. The van der Waals surface area contributed by atoms with Crippen molar-refractivity contribution in [3.05, 3.63) is 57.9 Å².